The second-order valence-electron chi connectivity index (χ2n) is 5.11. The van der Waals surface area contributed by atoms with E-state index < -0.39 is 9.84 Å². The number of rotatable bonds is 8. The molecule has 0 saturated carbocycles. The SMILES string of the molecule is CCCCC(CC)CS(=O)(=O)c1ccc(N)cc1OC. The van der Waals surface area contributed by atoms with Crippen LogP contribution in [-0.4, -0.2) is 21.3 Å². The Balaban J connectivity index is 2.98. The second kappa shape index (κ2) is 7.53. The Morgan fingerprint density at radius 2 is 2.00 bits per heavy atom. The van der Waals surface area contributed by atoms with Gasteiger partial charge in [0.15, 0.2) is 9.84 Å². The van der Waals surface area contributed by atoms with Gasteiger partial charge in [0.2, 0.25) is 0 Å². The normalized spacial score (nSPS) is 13.2. The number of unbranched alkanes of at least 4 members (excludes halogenated alkanes) is 1. The summed E-state index contributed by atoms with van der Waals surface area (Å²) >= 11 is 0. The van der Waals surface area contributed by atoms with Gasteiger partial charge < -0.3 is 10.5 Å². The Morgan fingerprint density at radius 1 is 1.30 bits per heavy atom. The number of sulfone groups is 1. The Kier molecular flexibility index (Phi) is 6.33. The van der Waals surface area contributed by atoms with Crippen LogP contribution in [0.1, 0.15) is 39.5 Å². The van der Waals surface area contributed by atoms with Gasteiger partial charge in [-0.25, -0.2) is 8.42 Å². The van der Waals surface area contributed by atoms with Crippen LogP contribution in [0.5, 0.6) is 5.75 Å². The molecule has 1 aromatic carbocycles. The van der Waals surface area contributed by atoms with Gasteiger partial charge in [-0.15, -0.1) is 0 Å². The maximum Gasteiger partial charge on any atom is 0.182 e. The molecule has 0 saturated heterocycles. The molecule has 2 N–H and O–H groups in total. The Labute approximate surface area is 122 Å². The van der Waals surface area contributed by atoms with Crippen molar-refractivity contribution in [3.05, 3.63) is 18.2 Å². The zero-order chi connectivity index (χ0) is 15.2. The zero-order valence-corrected chi connectivity index (χ0v) is 13.4. The maximum absolute atomic E-state index is 12.5. The molecule has 5 heteroatoms. The molecule has 0 aromatic heterocycles. The van der Waals surface area contributed by atoms with Crippen molar-refractivity contribution in [2.45, 2.75) is 44.4 Å². The van der Waals surface area contributed by atoms with Crippen molar-refractivity contribution in [3.8, 4) is 5.75 Å². The molecule has 114 valence electrons. The summed E-state index contributed by atoms with van der Waals surface area (Å²) in [4.78, 5) is 0.240. The van der Waals surface area contributed by atoms with Crippen molar-refractivity contribution >= 4 is 15.5 Å². The summed E-state index contributed by atoms with van der Waals surface area (Å²) in [6, 6.07) is 4.69. The Bertz CT molecular complexity index is 526. The average Bonchev–Trinajstić information content (AvgIpc) is 2.42. The standard InChI is InChI=1S/C15H25NO3S/c1-4-6-7-12(5-2)11-20(17,18)15-9-8-13(16)10-14(15)19-3/h8-10,12H,4-7,11,16H2,1-3H3. The minimum atomic E-state index is -3.34. The first-order valence-electron chi connectivity index (χ1n) is 7.10. The van der Waals surface area contributed by atoms with Crippen molar-refractivity contribution < 1.29 is 13.2 Å². The van der Waals surface area contributed by atoms with Crippen molar-refractivity contribution in [2.75, 3.05) is 18.6 Å². The number of hydrogen-bond acceptors (Lipinski definition) is 4. The molecule has 0 radical (unpaired) electrons. The van der Waals surface area contributed by atoms with E-state index in [4.69, 9.17) is 10.5 Å². The van der Waals surface area contributed by atoms with Gasteiger partial charge in [-0.05, 0) is 24.5 Å². The molecule has 0 amide bonds. The van der Waals surface area contributed by atoms with E-state index in [9.17, 15) is 8.42 Å². The number of nitrogens with two attached hydrogens (primary N) is 1. The monoisotopic (exact) mass is 299 g/mol. The molecule has 1 aromatic rings. The topological polar surface area (TPSA) is 69.4 Å². The molecular formula is C15H25NO3S. The van der Waals surface area contributed by atoms with E-state index in [2.05, 4.69) is 6.92 Å². The molecule has 0 fully saturated rings. The summed E-state index contributed by atoms with van der Waals surface area (Å²) in [5.74, 6) is 0.696. The highest BCUT2D eigenvalue weighted by atomic mass is 32.2. The first kappa shape index (κ1) is 16.8. The van der Waals surface area contributed by atoms with E-state index in [1.165, 1.54) is 13.2 Å². The third kappa shape index (κ3) is 4.40. The van der Waals surface area contributed by atoms with Gasteiger partial charge in [-0.1, -0.05) is 33.1 Å². The largest absolute Gasteiger partial charge is 0.495 e. The zero-order valence-electron chi connectivity index (χ0n) is 12.6. The molecule has 0 aliphatic heterocycles. The van der Waals surface area contributed by atoms with Crippen LogP contribution in [-0.2, 0) is 9.84 Å². The fraction of sp³-hybridized carbons (Fsp3) is 0.600. The fourth-order valence-corrected chi connectivity index (χ4v) is 4.17. The summed E-state index contributed by atoms with van der Waals surface area (Å²) in [5, 5.41) is 0. The lowest BCUT2D eigenvalue weighted by molar-refractivity contribution is 0.402. The van der Waals surface area contributed by atoms with Crippen molar-refractivity contribution in [2.24, 2.45) is 5.92 Å². The number of nitrogen functional groups attached to an aromatic ring is 1. The molecule has 4 nitrogen and oxygen atoms in total. The van der Waals surface area contributed by atoms with E-state index in [1.807, 2.05) is 6.92 Å². The Hall–Kier alpha value is -1.23. The van der Waals surface area contributed by atoms with Crippen LogP contribution in [0.3, 0.4) is 0 Å². The molecule has 0 heterocycles. The minimum absolute atomic E-state index is 0.170. The van der Waals surface area contributed by atoms with Crippen molar-refractivity contribution in [1.29, 1.82) is 0 Å². The number of benzene rings is 1. The number of hydrogen-bond donors (Lipinski definition) is 1. The molecule has 1 unspecified atom stereocenters. The van der Waals surface area contributed by atoms with Crippen LogP contribution in [0, 0.1) is 5.92 Å². The van der Waals surface area contributed by atoms with Crippen LogP contribution in [0.25, 0.3) is 0 Å². The number of anilines is 1. The Morgan fingerprint density at radius 3 is 2.55 bits per heavy atom. The lowest BCUT2D eigenvalue weighted by atomic mass is 10.0. The molecule has 0 aliphatic rings. The highest BCUT2D eigenvalue weighted by Gasteiger charge is 2.23. The first-order chi connectivity index (χ1) is 9.44. The van der Waals surface area contributed by atoms with Gasteiger partial charge >= 0.3 is 0 Å². The van der Waals surface area contributed by atoms with Gasteiger partial charge in [0, 0.05) is 11.8 Å². The predicted molar refractivity (Wildman–Crippen MR) is 82.8 cm³/mol. The molecule has 1 atom stereocenters. The van der Waals surface area contributed by atoms with E-state index >= 15 is 0 Å². The summed E-state index contributed by atoms with van der Waals surface area (Å²) in [6.07, 6.45) is 3.97. The van der Waals surface area contributed by atoms with Gasteiger partial charge in [0.05, 0.1) is 12.9 Å². The molecule has 0 aliphatic carbocycles. The van der Waals surface area contributed by atoms with E-state index in [-0.39, 0.29) is 16.6 Å². The lowest BCUT2D eigenvalue weighted by Crippen LogP contribution is -2.17. The maximum atomic E-state index is 12.5. The lowest BCUT2D eigenvalue weighted by Gasteiger charge is -2.16. The van der Waals surface area contributed by atoms with Crippen LogP contribution < -0.4 is 10.5 Å². The summed E-state index contributed by atoms with van der Waals surface area (Å²) in [7, 11) is -1.88. The fourth-order valence-electron chi connectivity index (χ4n) is 2.24. The predicted octanol–water partition coefficient (Wildman–Crippen LogP) is 3.27. The van der Waals surface area contributed by atoms with Gasteiger partial charge in [-0.2, -0.15) is 0 Å². The molecule has 0 spiro atoms. The van der Waals surface area contributed by atoms with Gasteiger partial charge in [-0.3, -0.25) is 0 Å². The minimum Gasteiger partial charge on any atom is -0.495 e. The summed E-state index contributed by atoms with van der Waals surface area (Å²) in [5.41, 5.74) is 6.16. The van der Waals surface area contributed by atoms with E-state index in [0.29, 0.717) is 11.4 Å². The highest BCUT2D eigenvalue weighted by molar-refractivity contribution is 7.91. The molecule has 0 bridgehead atoms. The van der Waals surface area contributed by atoms with E-state index in [0.717, 1.165) is 25.7 Å². The second-order valence-corrected chi connectivity index (χ2v) is 7.11. The van der Waals surface area contributed by atoms with Crippen LogP contribution in [0.4, 0.5) is 5.69 Å². The summed E-state index contributed by atoms with van der Waals surface area (Å²) < 4.78 is 30.2. The van der Waals surface area contributed by atoms with Gasteiger partial charge in [0.25, 0.3) is 0 Å². The van der Waals surface area contributed by atoms with E-state index in [1.54, 1.807) is 12.1 Å². The van der Waals surface area contributed by atoms with Gasteiger partial charge in [0.1, 0.15) is 10.6 Å². The smallest absolute Gasteiger partial charge is 0.182 e. The quantitative estimate of drug-likeness (QED) is 0.748. The highest BCUT2D eigenvalue weighted by Crippen LogP contribution is 2.29. The third-order valence-electron chi connectivity index (χ3n) is 3.52. The first-order valence-corrected chi connectivity index (χ1v) is 8.76. The average molecular weight is 299 g/mol. The molecular weight excluding hydrogens is 274 g/mol. The van der Waals surface area contributed by atoms with Crippen LogP contribution in [0.15, 0.2) is 23.1 Å². The van der Waals surface area contributed by atoms with Crippen LogP contribution >= 0.6 is 0 Å². The van der Waals surface area contributed by atoms with Crippen molar-refractivity contribution in [3.63, 3.8) is 0 Å². The van der Waals surface area contributed by atoms with Crippen LogP contribution in [0.2, 0.25) is 0 Å². The third-order valence-corrected chi connectivity index (χ3v) is 5.44. The van der Waals surface area contributed by atoms with Crippen molar-refractivity contribution in [1.82, 2.24) is 0 Å². The summed E-state index contributed by atoms with van der Waals surface area (Å²) in [6.45, 7) is 4.15. The number of ether oxygens (including phenoxy) is 1. The number of methoxy groups -OCH3 is 1. The molecule has 20 heavy (non-hydrogen) atoms. The molecule has 1 rings (SSSR count).